The van der Waals surface area contributed by atoms with Gasteiger partial charge in [0.1, 0.15) is 12.6 Å². The van der Waals surface area contributed by atoms with Gasteiger partial charge in [-0.25, -0.2) is 0 Å². The summed E-state index contributed by atoms with van der Waals surface area (Å²) in [6.45, 7) is 3.83. The zero-order valence-electron chi connectivity index (χ0n) is 9.53. The van der Waals surface area contributed by atoms with Crippen molar-refractivity contribution in [3.8, 4) is 0 Å². The van der Waals surface area contributed by atoms with Gasteiger partial charge in [-0.15, -0.1) is 0 Å². The molecule has 0 aromatic rings. The highest BCUT2D eigenvalue weighted by Crippen LogP contribution is 2.29. The average molecular weight is 215 g/mol. The average Bonchev–Trinajstić information content (AvgIpc) is 2.61. The van der Waals surface area contributed by atoms with Gasteiger partial charge >= 0.3 is 5.97 Å². The SMILES string of the molecule is CC(C)[C@H](N)C(=O)OCC1(O)CCCC1. The fourth-order valence-electron chi connectivity index (χ4n) is 1.75. The molecule has 1 rings (SSSR count). The molecule has 0 bridgehead atoms. The highest BCUT2D eigenvalue weighted by Gasteiger charge is 2.33. The van der Waals surface area contributed by atoms with Crippen LogP contribution in [0.2, 0.25) is 0 Å². The molecule has 0 radical (unpaired) electrons. The highest BCUT2D eigenvalue weighted by molar-refractivity contribution is 5.75. The van der Waals surface area contributed by atoms with E-state index in [1.807, 2.05) is 13.8 Å². The van der Waals surface area contributed by atoms with Crippen molar-refractivity contribution in [1.82, 2.24) is 0 Å². The second-order valence-electron chi connectivity index (χ2n) is 4.81. The number of rotatable bonds is 4. The van der Waals surface area contributed by atoms with Gasteiger partial charge in [-0.05, 0) is 18.8 Å². The molecule has 1 aliphatic rings. The van der Waals surface area contributed by atoms with E-state index < -0.39 is 17.6 Å². The first-order valence-corrected chi connectivity index (χ1v) is 5.59. The molecule has 0 heterocycles. The highest BCUT2D eigenvalue weighted by atomic mass is 16.5. The molecule has 0 aromatic heterocycles. The van der Waals surface area contributed by atoms with E-state index in [0.717, 1.165) is 25.7 Å². The first kappa shape index (κ1) is 12.5. The number of hydrogen-bond acceptors (Lipinski definition) is 4. The van der Waals surface area contributed by atoms with Crippen molar-refractivity contribution in [1.29, 1.82) is 0 Å². The molecule has 15 heavy (non-hydrogen) atoms. The molecule has 0 amide bonds. The van der Waals surface area contributed by atoms with Crippen molar-refractivity contribution in [2.24, 2.45) is 11.7 Å². The van der Waals surface area contributed by atoms with Crippen molar-refractivity contribution in [3.63, 3.8) is 0 Å². The molecule has 0 aromatic carbocycles. The second-order valence-corrected chi connectivity index (χ2v) is 4.81. The molecule has 1 saturated carbocycles. The van der Waals surface area contributed by atoms with Gasteiger partial charge in [0.05, 0.1) is 5.60 Å². The summed E-state index contributed by atoms with van der Waals surface area (Å²) >= 11 is 0. The van der Waals surface area contributed by atoms with Crippen LogP contribution in [0, 0.1) is 5.92 Å². The summed E-state index contributed by atoms with van der Waals surface area (Å²) in [4.78, 5) is 11.4. The summed E-state index contributed by atoms with van der Waals surface area (Å²) in [6.07, 6.45) is 3.45. The van der Waals surface area contributed by atoms with Gasteiger partial charge in [0.2, 0.25) is 0 Å². The lowest BCUT2D eigenvalue weighted by Crippen LogP contribution is -2.40. The Hall–Kier alpha value is -0.610. The van der Waals surface area contributed by atoms with E-state index in [0.29, 0.717) is 0 Å². The Kier molecular flexibility index (Phi) is 4.11. The number of nitrogens with two attached hydrogens (primary N) is 1. The Morgan fingerprint density at radius 2 is 2.00 bits per heavy atom. The maximum absolute atomic E-state index is 11.4. The summed E-state index contributed by atoms with van der Waals surface area (Å²) in [6, 6.07) is -0.588. The number of hydrogen-bond donors (Lipinski definition) is 2. The summed E-state index contributed by atoms with van der Waals surface area (Å²) in [5.41, 5.74) is 4.83. The van der Waals surface area contributed by atoms with Gasteiger partial charge < -0.3 is 15.6 Å². The minimum atomic E-state index is -0.799. The van der Waals surface area contributed by atoms with E-state index in [-0.39, 0.29) is 12.5 Å². The molecule has 4 nitrogen and oxygen atoms in total. The molecule has 0 aliphatic heterocycles. The van der Waals surface area contributed by atoms with Crippen LogP contribution in [0.25, 0.3) is 0 Å². The fourth-order valence-corrected chi connectivity index (χ4v) is 1.75. The van der Waals surface area contributed by atoms with Crippen LogP contribution in [-0.2, 0) is 9.53 Å². The maximum Gasteiger partial charge on any atom is 0.323 e. The lowest BCUT2D eigenvalue weighted by molar-refractivity contribution is -0.153. The predicted octanol–water partition coefficient (Wildman–Crippen LogP) is 0.818. The molecule has 4 heteroatoms. The van der Waals surface area contributed by atoms with Gasteiger partial charge in [0, 0.05) is 0 Å². The first-order valence-electron chi connectivity index (χ1n) is 5.59. The van der Waals surface area contributed by atoms with Gasteiger partial charge in [-0.2, -0.15) is 0 Å². The zero-order chi connectivity index (χ0) is 11.5. The van der Waals surface area contributed by atoms with Gasteiger partial charge in [-0.3, -0.25) is 4.79 Å². The van der Waals surface area contributed by atoms with E-state index in [1.54, 1.807) is 0 Å². The molecule has 88 valence electrons. The summed E-state index contributed by atoms with van der Waals surface area (Å²) in [5, 5.41) is 9.94. The van der Waals surface area contributed by atoms with Crippen LogP contribution in [0.1, 0.15) is 39.5 Å². The monoisotopic (exact) mass is 215 g/mol. The molecular formula is C11H21NO3. The number of aliphatic hydroxyl groups is 1. The van der Waals surface area contributed by atoms with Crippen LogP contribution in [0.15, 0.2) is 0 Å². The van der Waals surface area contributed by atoms with E-state index in [9.17, 15) is 9.90 Å². The van der Waals surface area contributed by atoms with Gasteiger partial charge in [0.25, 0.3) is 0 Å². The molecular weight excluding hydrogens is 194 g/mol. The van der Waals surface area contributed by atoms with Crippen molar-refractivity contribution in [2.75, 3.05) is 6.61 Å². The molecule has 3 N–H and O–H groups in total. The molecule has 0 unspecified atom stereocenters. The molecule has 1 aliphatic carbocycles. The first-order chi connectivity index (χ1) is 6.94. The van der Waals surface area contributed by atoms with Crippen LogP contribution in [0.5, 0.6) is 0 Å². The van der Waals surface area contributed by atoms with Crippen LogP contribution in [0.3, 0.4) is 0 Å². The minimum Gasteiger partial charge on any atom is -0.461 e. The Morgan fingerprint density at radius 1 is 1.47 bits per heavy atom. The number of esters is 1. The van der Waals surface area contributed by atoms with Crippen LogP contribution in [0.4, 0.5) is 0 Å². The Balaban J connectivity index is 2.33. The maximum atomic E-state index is 11.4. The Morgan fingerprint density at radius 3 is 2.47 bits per heavy atom. The third kappa shape index (κ3) is 3.47. The largest absolute Gasteiger partial charge is 0.461 e. The van der Waals surface area contributed by atoms with E-state index in [2.05, 4.69) is 0 Å². The van der Waals surface area contributed by atoms with E-state index >= 15 is 0 Å². The van der Waals surface area contributed by atoms with Crippen LogP contribution >= 0.6 is 0 Å². The number of carbonyl (C=O) groups is 1. The van der Waals surface area contributed by atoms with E-state index in [4.69, 9.17) is 10.5 Å². The summed E-state index contributed by atoms with van der Waals surface area (Å²) in [7, 11) is 0. The number of ether oxygens (including phenoxy) is 1. The standard InChI is InChI=1S/C11H21NO3/c1-8(2)9(12)10(13)15-7-11(14)5-3-4-6-11/h8-9,14H,3-7,12H2,1-2H3/t9-/m0/s1. The fraction of sp³-hybridized carbons (Fsp3) is 0.909. The van der Waals surface area contributed by atoms with Crippen molar-refractivity contribution >= 4 is 5.97 Å². The summed E-state index contributed by atoms with van der Waals surface area (Å²) in [5.74, 6) is -0.346. The quantitative estimate of drug-likeness (QED) is 0.681. The van der Waals surface area contributed by atoms with Crippen molar-refractivity contribution < 1.29 is 14.6 Å². The molecule has 0 spiro atoms. The lowest BCUT2D eigenvalue weighted by Gasteiger charge is -2.23. The third-order valence-electron chi connectivity index (χ3n) is 3.01. The van der Waals surface area contributed by atoms with E-state index in [1.165, 1.54) is 0 Å². The van der Waals surface area contributed by atoms with Crippen LogP contribution in [-0.4, -0.2) is 29.3 Å². The molecule has 1 fully saturated rings. The van der Waals surface area contributed by atoms with Crippen LogP contribution < -0.4 is 5.73 Å². The van der Waals surface area contributed by atoms with Crippen molar-refractivity contribution in [2.45, 2.75) is 51.2 Å². The second kappa shape index (κ2) is 4.94. The zero-order valence-corrected chi connectivity index (χ0v) is 9.53. The third-order valence-corrected chi connectivity index (χ3v) is 3.01. The summed E-state index contributed by atoms with van der Waals surface area (Å²) < 4.78 is 5.04. The number of carbonyl (C=O) groups excluding carboxylic acids is 1. The molecule has 0 saturated heterocycles. The smallest absolute Gasteiger partial charge is 0.323 e. The Labute approximate surface area is 90.8 Å². The Bertz CT molecular complexity index is 222. The van der Waals surface area contributed by atoms with Crippen molar-refractivity contribution in [3.05, 3.63) is 0 Å². The topological polar surface area (TPSA) is 72.6 Å². The minimum absolute atomic E-state index is 0.0655. The van der Waals surface area contributed by atoms with Gasteiger partial charge in [0.15, 0.2) is 0 Å². The normalized spacial score (nSPS) is 21.7. The van der Waals surface area contributed by atoms with Gasteiger partial charge in [-0.1, -0.05) is 26.7 Å². The predicted molar refractivity (Wildman–Crippen MR) is 57.2 cm³/mol. The lowest BCUT2D eigenvalue weighted by atomic mass is 10.0. The molecule has 1 atom stereocenters.